The third-order valence-electron chi connectivity index (χ3n) is 22.0. The average molecular weight is 1130 g/mol. The SMILES string of the molecule is C=C1C[C@@H]2CC[C@@]34C[C@H]5O[C@@H]6[C@@H](O3)[C@H]3O[C@H](CC[C@@H]3O[C@@]6(O)[C@H]5O4)CC(=O)O[C@@H]3[C@@H](C)[C@@H]4O[C@@H]5C[C@]6(C[C@@H]7O[C@]8(C[C@H](C)[C@@H]9O[C@H]([C@@H](O)C[C@@H](O)CO)C[C@@H]9O8)C[C@H](C)[C@@H]7O6)O[C@@H]5C[C@@H]4O[C@H]3C[C@H]3O[C@@H](CC[C@@H]1O2)C[C@@H](C)C3=C. The van der Waals surface area contributed by atoms with Gasteiger partial charge in [0, 0.05) is 70.1 Å². The molecule has 80 heavy (non-hydrogen) atoms. The van der Waals surface area contributed by atoms with Crippen molar-refractivity contribution < 1.29 is 96.3 Å². The molecule has 16 rings (SSSR count). The Morgan fingerprint density at radius 3 is 2.09 bits per heavy atom. The first-order valence-electron chi connectivity index (χ1n) is 30.9. The largest absolute Gasteiger partial charge is 0.459 e. The summed E-state index contributed by atoms with van der Waals surface area (Å²) in [6.07, 6.45) is -1.11. The van der Waals surface area contributed by atoms with Crippen LogP contribution in [-0.4, -0.2) is 203 Å². The molecule has 16 aliphatic heterocycles. The van der Waals surface area contributed by atoms with Gasteiger partial charge in [0.1, 0.15) is 30.5 Å². The van der Waals surface area contributed by atoms with Crippen LogP contribution >= 0.6 is 0 Å². The zero-order chi connectivity index (χ0) is 54.9. The zero-order valence-corrected chi connectivity index (χ0v) is 46.8. The number of aliphatic hydroxyl groups excluding tert-OH is 3. The van der Waals surface area contributed by atoms with E-state index in [1.807, 2.05) is 0 Å². The lowest BCUT2D eigenvalue weighted by Crippen LogP contribution is -2.67. The number of carbonyl (C=O) groups is 1. The Balaban J connectivity index is 0.658. The Labute approximate surface area is 468 Å². The summed E-state index contributed by atoms with van der Waals surface area (Å²) >= 11 is 0. The number of carbonyl (C=O) groups excluding carboxylic acids is 1. The molecule has 16 fully saturated rings. The van der Waals surface area contributed by atoms with E-state index < -0.39 is 109 Å². The Morgan fingerprint density at radius 1 is 0.537 bits per heavy atom. The molecule has 0 aromatic rings. The molecule has 0 aromatic carbocycles. The molecule has 12 bridgehead atoms. The molecule has 32 atom stereocenters. The van der Waals surface area contributed by atoms with Gasteiger partial charge < -0.3 is 91.5 Å². The molecule has 20 heteroatoms. The minimum absolute atomic E-state index is 0.000884. The number of hydrogen-bond donors (Lipinski definition) is 4. The highest BCUT2D eigenvalue weighted by molar-refractivity contribution is 5.70. The molecule has 16 aliphatic rings. The van der Waals surface area contributed by atoms with Crippen molar-refractivity contribution in [3.8, 4) is 0 Å². The van der Waals surface area contributed by atoms with Crippen LogP contribution in [0.15, 0.2) is 24.3 Å². The molecule has 446 valence electrons. The van der Waals surface area contributed by atoms with Crippen molar-refractivity contribution in [2.24, 2.45) is 23.7 Å². The third kappa shape index (κ3) is 9.23. The molecule has 0 amide bonds. The average Bonchev–Trinajstić information content (AvgIpc) is 4.45. The van der Waals surface area contributed by atoms with Gasteiger partial charge in [-0.3, -0.25) is 4.79 Å². The monoisotopic (exact) mass is 1130 g/mol. The number of ether oxygens (including phenoxy) is 15. The molecule has 16 saturated heterocycles. The second-order valence-corrected chi connectivity index (χ2v) is 27.7. The first-order chi connectivity index (χ1) is 38.3. The Bertz CT molecular complexity index is 2400. The summed E-state index contributed by atoms with van der Waals surface area (Å²) in [4.78, 5) is 14.6. The molecule has 0 radical (unpaired) electrons. The van der Waals surface area contributed by atoms with Gasteiger partial charge in [-0.15, -0.1) is 0 Å². The highest BCUT2D eigenvalue weighted by Gasteiger charge is 2.76. The van der Waals surface area contributed by atoms with E-state index in [0.29, 0.717) is 77.0 Å². The van der Waals surface area contributed by atoms with Crippen molar-refractivity contribution in [1.29, 1.82) is 0 Å². The van der Waals surface area contributed by atoms with Gasteiger partial charge in [0.2, 0.25) is 5.79 Å². The van der Waals surface area contributed by atoms with E-state index in [1.54, 1.807) is 0 Å². The molecular weight excluding hydrogens is 1040 g/mol. The predicted molar refractivity (Wildman–Crippen MR) is 275 cm³/mol. The maximum Gasteiger partial charge on any atom is 0.308 e. The van der Waals surface area contributed by atoms with E-state index in [0.717, 1.165) is 36.8 Å². The lowest BCUT2D eigenvalue weighted by molar-refractivity contribution is -0.349. The Morgan fingerprint density at radius 2 is 1.25 bits per heavy atom. The molecule has 4 N–H and O–H groups in total. The van der Waals surface area contributed by atoms with Gasteiger partial charge in [0.25, 0.3) is 0 Å². The van der Waals surface area contributed by atoms with Gasteiger partial charge in [0.15, 0.2) is 17.4 Å². The fraction of sp³-hybridized carbons (Fsp3) is 0.917. The summed E-state index contributed by atoms with van der Waals surface area (Å²) < 4.78 is 103. The van der Waals surface area contributed by atoms with Crippen LogP contribution in [-0.2, 0) is 75.8 Å². The fourth-order valence-corrected chi connectivity index (χ4v) is 18.2. The van der Waals surface area contributed by atoms with Crippen molar-refractivity contribution in [2.75, 3.05) is 6.61 Å². The van der Waals surface area contributed by atoms with Gasteiger partial charge in [0.05, 0.1) is 129 Å². The van der Waals surface area contributed by atoms with E-state index in [1.165, 1.54) is 0 Å². The summed E-state index contributed by atoms with van der Waals surface area (Å²) in [5.74, 6) is -4.78. The van der Waals surface area contributed by atoms with Crippen molar-refractivity contribution >= 4 is 5.97 Å². The predicted octanol–water partition coefficient (Wildman–Crippen LogP) is 4.25. The quantitative estimate of drug-likeness (QED) is 0.228. The van der Waals surface area contributed by atoms with Crippen LogP contribution < -0.4 is 0 Å². The summed E-state index contributed by atoms with van der Waals surface area (Å²) in [6, 6.07) is 0. The second-order valence-electron chi connectivity index (χ2n) is 27.7. The maximum atomic E-state index is 14.6. The smallest absolute Gasteiger partial charge is 0.308 e. The highest BCUT2D eigenvalue weighted by atomic mass is 16.8. The molecule has 0 aliphatic carbocycles. The molecule has 0 unspecified atom stereocenters. The molecule has 20 nitrogen and oxygen atoms in total. The first kappa shape index (κ1) is 54.9. The first-order valence-corrected chi connectivity index (χ1v) is 30.9. The third-order valence-corrected chi connectivity index (χ3v) is 22.0. The number of aliphatic hydroxyl groups is 4. The normalized spacial score (nSPS) is 57.6. The minimum atomic E-state index is -1.68. The molecule has 0 saturated carbocycles. The van der Waals surface area contributed by atoms with Crippen molar-refractivity contribution in [2.45, 2.75) is 313 Å². The lowest BCUT2D eigenvalue weighted by atomic mass is 9.79. The molecule has 0 aromatic heterocycles. The van der Waals surface area contributed by atoms with E-state index in [9.17, 15) is 25.2 Å². The maximum absolute atomic E-state index is 14.6. The fourth-order valence-electron chi connectivity index (χ4n) is 18.2. The molecular formula is C60H86O20. The summed E-state index contributed by atoms with van der Waals surface area (Å²) in [5, 5.41) is 42.5. The molecule has 3 spiro atoms. The van der Waals surface area contributed by atoms with Gasteiger partial charge in [-0.05, 0) is 73.8 Å². The zero-order valence-electron chi connectivity index (χ0n) is 46.8. The summed E-state index contributed by atoms with van der Waals surface area (Å²) in [6.45, 7) is 17.3. The number of hydrogen-bond acceptors (Lipinski definition) is 20. The van der Waals surface area contributed by atoms with Gasteiger partial charge in [-0.1, -0.05) is 40.9 Å². The van der Waals surface area contributed by atoms with E-state index >= 15 is 0 Å². The van der Waals surface area contributed by atoms with Crippen molar-refractivity contribution in [3.63, 3.8) is 0 Å². The number of rotatable bonds is 4. The van der Waals surface area contributed by atoms with Crippen LogP contribution in [0.1, 0.15) is 143 Å². The van der Waals surface area contributed by atoms with E-state index in [4.69, 9.17) is 71.1 Å². The van der Waals surface area contributed by atoms with Gasteiger partial charge >= 0.3 is 5.97 Å². The van der Waals surface area contributed by atoms with E-state index in [-0.39, 0.29) is 110 Å². The van der Waals surface area contributed by atoms with Crippen molar-refractivity contribution in [1.82, 2.24) is 0 Å². The van der Waals surface area contributed by atoms with E-state index in [2.05, 4.69) is 40.9 Å². The lowest BCUT2D eigenvalue weighted by Gasteiger charge is -2.51. The van der Waals surface area contributed by atoms with Crippen LogP contribution in [0.5, 0.6) is 0 Å². The van der Waals surface area contributed by atoms with Crippen LogP contribution in [0, 0.1) is 23.7 Å². The van der Waals surface area contributed by atoms with Crippen LogP contribution in [0.4, 0.5) is 0 Å². The minimum Gasteiger partial charge on any atom is -0.459 e. The van der Waals surface area contributed by atoms with Crippen LogP contribution in [0.25, 0.3) is 0 Å². The highest BCUT2D eigenvalue weighted by Crippen LogP contribution is 2.59. The second kappa shape index (κ2) is 20.2. The summed E-state index contributed by atoms with van der Waals surface area (Å²) in [7, 11) is 0. The number of fused-ring (bicyclic) bond motifs is 10. The number of esters is 1. The van der Waals surface area contributed by atoms with Gasteiger partial charge in [-0.25, -0.2) is 0 Å². The van der Waals surface area contributed by atoms with Gasteiger partial charge in [-0.2, -0.15) is 0 Å². The summed E-state index contributed by atoms with van der Waals surface area (Å²) in [5.41, 5.74) is 2.09. The van der Waals surface area contributed by atoms with Crippen LogP contribution in [0.2, 0.25) is 0 Å². The Hall–Kier alpha value is -1.77. The van der Waals surface area contributed by atoms with Crippen LogP contribution in [0.3, 0.4) is 0 Å². The Kier molecular flexibility index (Phi) is 13.8. The topological polar surface area (TPSA) is 236 Å². The van der Waals surface area contributed by atoms with Crippen molar-refractivity contribution in [3.05, 3.63) is 24.3 Å². The molecule has 16 heterocycles. The standard InChI is InChI=1S/C60H86O20/c1-26-13-33-7-9-37-27(2)14-35(66-37)11-12-57-24-47-55(80-57)60(65)56(72-47)54(79-57)53-38(77-60)10-8-34(68-53)16-48(64)73-52-31(6)51-43(69-42(52)17-39(67-33)30(26)5)19-41-45(71-51)22-59(74-41)23-46-50(78-59)29(4)21-58(76-46)20-28(3)49-44(75-58)18-40(70-49)36(63)15-32(62)25-61/h26,28-29,31-47,49-56,61-63,65H,2,5,7-25H2,1,3-4,6H3/t26-,28+,29+,31+,32-,33+,34-,35+,36+,37+,38+,39-,40+,41-,42+,43+,44+,45-,46+,47-,49+,50+,51+,52-,53+,54+,55+,56-,57-,58-,59+,60+/m1/s1.